The van der Waals surface area contributed by atoms with Gasteiger partial charge >= 0.3 is 0 Å². The SMILES string of the molecule is Cc1ccc(C(C)C(O)C(=O)Nc2cccc(C)c2C)cc1. The van der Waals surface area contributed by atoms with Gasteiger partial charge in [0.15, 0.2) is 0 Å². The maximum atomic E-state index is 12.3. The molecule has 2 unspecified atom stereocenters. The first-order valence-electron chi connectivity index (χ1n) is 7.52. The average Bonchev–Trinajstić information content (AvgIpc) is 2.51. The van der Waals surface area contributed by atoms with Crippen molar-refractivity contribution in [2.45, 2.75) is 39.7 Å². The first kappa shape index (κ1) is 16.2. The lowest BCUT2D eigenvalue weighted by Gasteiger charge is -2.20. The lowest BCUT2D eigenvalue weighted by molar-refractivity contribution is -0.124. The summed E-state index contributed by atoms with van der Waals surface area (Å²) < 4.78 is 0. The van der Waals surface area contributed by atoms with Gasteiger partial charge in [-0.2, -0.15) is 0 Å². The minimum absolute atomic E-state index is 0.259. The molecule has 0 saturated heterocycles. The Morgan fingerprint density at radius 2 is 1.68 bits per heavy atom. The number of carbonyl (C=O) groups is 1. The maximum absolute atomic E-state index is 12.3. The molecule has 0 aliphatic heterocycles. The molecule has 0 bridgehead atoms. The Morgan fingerprint density at radius 1 is 1.05 bits per heavy atom. The average molecular weight is 297 g/mol. The van der Waals surface area contributed by atoms with Crippen LogP contribution in [0.15, 0.2) is 42.5 Å². The molecule has 3 nitrogen and oxygen atoms in total. The molecular formula is C19H23NO2. The van der Waals surface area contributed by atoms with E-state index in [-0.39, 0.29) is 11.8 Å². The Bertz CT molecular complexity index is 662. The molecule has 2 N–H and O–H groups in total. The van der Waals surface area contributed by atoms with E-state index in [0.717, 1.165) is 27.9 Å². The molecule has 2 atom stereocenters. The van der Waals surface area contributed by atoms with Gasteiger partial charge in [0, 0.05) is 11.6 Å². The molecule has 0 spiro atoms. The van der Waals surface area contributed by atoms with Crippen LogP contribution in [0, 0.1) is 20.8 Å². The number of aliphatic hydroxyl groups excluding tert-OH is 1. The minimum Gasteiger partial charge on any atom is -0.383 e. The van der Waals surface area contributed by atoms with E-state index in [9.17, 15) is 9.90 Å². The Morgan fingerprint density at radius 3 is 2.32 bits per heavy atom. The number of anilines is 1. The maximum Gasteiger partial charge on any atom is 0.253 e. The van der Waals surface area contributed by atoms with Crippen LogP contribution in [-0.2, 0) is 4.79 Å². The molecule has 116 valence electrons. The second-order valence-electron chi connectivity index (χ2n) is 5.88. The second kappa shape index (κ2) is 6.75. The number of aliphatic hydroxyl groups is 1. The van der Waals surface area contributed by atoms with Crippen molar-refractivity contribution in [1.82, 2.24) is 0 Å². The Labute approximate surface area is 132 Å². The number of hydrogen-bond donors (Lipinski definition) is 2. The normalized spacial score (nSPS) is 13.5. The van der Waals surface area contributed by atoms with Crippen LogP contribution in [-0.4, -0.2) is 17.1 Å². The van der Waals surface area contributed by atoms with E-state index < -0.39 is 6.10 Å². The highest BCUT2D eigenvalue weighted by atomic mass is 16.3. The summed E-state index contributed by atoms with van der Waals surface area (Å²) >= 11 is 0. The molecular weight excluding hydrogens is 274 g/mol. The molecule has 2 aromatic rings. The third-order valence-corrected chi connectivity index (χ3v) is 4.21. The predicted molar refractivity (Wildman–Crippen MR) is 90.1 cm³/mol. The third-order valence-electron chi connectivity index (χ3n) is 4.21. The lowest BCUT2D eigenvalue weighted by atomic mass is 9.94. The Hall–Kier alpha value is -2.13. The fourth-order valence-electron chi connectivity index (χ4n) is 2.37. The smallest absolute Gasteiger partial charge is 0.253 e. The molecule has 0 aliphatic rings. The van der Waals surface area contributed by atoms with E-state index in [0.29, 0.717) is 0 Å². The van der Waals surface area contributed by atoms with Gasteiger partial charge in [0.2, 0.25) is 0 Å². The third kappa shape index (κ3) is 3.55. The highest BCUT2D eigenvalue weighted by molar-refractivity contribution is 5.95. The summed E-state index contributed by atoms with van der Waals surface area (Å²) in [4.78, 5) is 12.3. The number of carbonyl (C=O) groups excluding carboxylic acids is 1. The van der Waals surface area contributed by atoms with E-state index >= 15 is 0 Å². The van der Waals surface area contributed by atoms with Gasteiger partial charge in [0.05, 0.1) is 0 Å². The van der Waals surface area contributed by atoms with Crippen LogP contribution in [0.25, 0.3) is 0 Å². The summed E-state index contributed by atoms with van der Waals surface area (Å²) in [5, 5.41) is 13.1. The molecule has 1 amide bonds. The molecule has 0 aromatic heterocycles. The van der Waals surface area contributed by atoms with Crippen molar-refractivity contribution in [3.63, 3.8) is 0 Å². The molecule has 22 heavy (non-hydrogen) atoms. The zero-order chi connectivity index (χ0) is 16.3. The minimum atomic E-state index is -1.08. The van der Waals surface area contributed by atoms with Gasteiger partial charge in [-0.15, -0.1) is 0 Å². The van der Waals surface area contributed by atoms with Crippen molar-refractivity contribution in [1.29, 1.82) is 0 Å². The molecule has 0 saturated carbocycles. The number of aryl methyl sites for hydroxylation is 2. The molecule has 0 heterocycles. The van der Waals surface area contributed by atoms with Crippen LogP contribution in [0.4, 0.5) is 5.69 Å². The topological polar surface area (TPSA) is 49.3 Å². The van der Waals surface area contributed by atoms with Crippen LogP contribution in [0.2, 0.25) is 0 Å². The van der Waals surface area contributed by atoms with Crippen molar-refractivity contribution in [2.75, 3.05) is 5.32 Å². The van der Waals surface area contributed by atoms with Crippen molar-refractivity contribution in [2.24, 2.45) is 0 Å². The quantitative estimate of drug-likeness (QED) is 0.903. The Kier molecular flexibility index (Phi) is 4.99. The summed E-state index contributed by atoms with van der Waals surface area (Å²) in [5.41, 5.74) is 4.99. The molecule has 3 heteroatoms. The highest BCUT2D eigenvalue weighted by Gasteiger charge is 2.24. The van der Waals surface area contributed by atoms with Crippen LogP contribution in [0.1, 0.15) is 35.1 Å². The number of rotatable bonds is 4. The van der Waals surface area contributed by atoms with Gasteiger partial charge in [-0.05, 0) is 43.5 Å². The summed E-state index contributed by atoms with van der Waals surface area (Å²) in [7, 11) is 0. The van der Waals surface area contributed by atoms with Crippen LogP contribution >= 0.6 is 0 Å². The second-order valence-corrected chi connectivity index (χ2v) is 5.88. The summed E-state index contributed by atoms with van der Waals surface area (Å²) in [6.45, 7) is 7.83. The standard InChI is InChI=1S/C19H23NO2/c1-12-8-10-16(11-9-12)15(4)18(21)19(22)20-17-7-5-6-13(2)14(17)3/h5-11,15,18,21H,1-4H3,(H,20,22). The first-order valence-corrected chi connectivity index (χ1v) is 7.52. The fraction of sp³-hybridized carbons (Fsp3) is 0.316. The van der Waals surface area contributed by atoms with Crippen molar-refractivity contribution in [3.05, 3.63) is 64.7 Å². The fourth-order valence-corrected chi connectivity index (χ4v) is 2.37. The zero-order valence-corrected chi connectivity index (χ0v) is 13.6. The largest absolute Gasteiger partial charge is 0.383 e. The monoisotopic (exact) mass is 297 g/mol. The first-order chi connectivity index (χ1) is 10.4. The number of benzene rings is 2. The van der Waals surface area contributed by atoms with Crippen LogP contribution < -0.4 is 5.32 Å². The molecule has 0 radical (unpaired) electrons. The summed E-state index contributed by atoms with van der Waals surface area (Å²) in [6.07, 6.45) is -1.08. The Balaban J connectivity index is 2.11. The van der Waals surface area contributed by atoms with Gasteiger partial charge in [-0.25, -0.2) is 0 Å². The number of hydrogen-bond acceptors (Lipinski definition) is 2. The van der Waals surface area contributed by atoms with Gasteiger partial charge in [0.25, 0.3) is 5.91 Å². The molecule has 2 aromatic carbocycles. The van der Waals surface area contributed by atoms with E-state index in [1.807, 2.05) is 70.2 Å². The summed E-state index contributed by atoms with van der Waals surface area (Å²) in [6, 6.07) is 13.6. The van der Waals surface area contributed by atoms with E-state index in [1.165, 1.54) is 0 Å². The van der Waals surface area contributed by atoms with Crippen molar-refractivity contribution < 1.29 is 9.90 Å². The van der Waals surface area contributed by atoms with Crippen LogP contribution in [0.5, 0.6) is 0 Å². The number of nitrogens with one attached hydrogen (secondary N) is 1. The van der Waals surface area contributed by atoms with Gasteiger partial charge in [-0.3, -0.25) is 4.79 Å². The van der Waals surface area contributed by atoms with Gasteiger partial charge in [-0.1, -0.05) is 48.9 Å². The van der Waals surface area contributed by atoms with Gasteiger partial charge in [0.1, 0.15) is 6.10 Å². The van der Waals surface area contributed by atoms with Crippen molar-refractivity contribution in [3.8, 4) is 0 Å². The van der Waals surface area contributed by atoms with E-state index in [1.54, 1.807) is 0 Å². The van der Waals surface area contributed by atoms with Gasteiger partial charge < -0.3 is 10.4 Å². The summed E-state index contributed by atoms with van der Waals surface area (Å²) in [5.74, 6) is -0.632. The van der Waals surface area contributed by atoms with E-state index in [2.05, 4.69) is 5.32 Å². The van der Waals surface area contributed by atoms with Crippen LogP contribution in [0.3, 0.4) is 0 Å². The molecule has 0 aliphatic carbocycles. The highest BCUT2D eigenvalue weighted by Crippen LogP contribution is 2.23. The zero-order valence-electron chi connectivity index (χ0n) is 13.6. The number of amides is 1. The van der Waals surface area contributed by atoms with Crippen molar-refractivity contribution >= 4 is 11.6 Å². The predicted octanol–water partition coefficient (Wildman–Crippen LogP) is 3.71. The van der Waals surface area contributed by atoms with E-state index in [4.69, 9.17) is 0 Å². The lowest BCUT2D eigenvalue weighted by Crippen LogP contribution is -2.32. The molecule has 2 rings (SSSR count). The molecule has 0 fully saturated rings.